The van der Waals surface area contributed by atoms with Gasteiger partial charge in [-0.3, -0.25) is 0 Å². The predicted octanol–water partition coefficient (Wildman–Crippen LogP) is 1.29. The van der Waals surface area contributed by atoms with Crippen LogP contribution in [0.25, 0.3) is 0 Å². The first-order valence-electron chi connectivity index (χ1n) is 5.21. The van der Waals surface area contributed by atoms with Crippen molar-refractivity contribution in [2.24, 2.45) is 5.16 Å². The number of benzene rings is 1. The molecule has 1 rings (SSSR count). The number of nitrogens with zero attached hydrogens (tertiary/aromatic N) is 1. The van der Waals surface area contributed by atoms with Crippen molar-refractivity contribution in [2.45, 2.75) is 13.0 Å². The van der Waals surface area contributed by atoms with E-state index in [2.05, 4.69) is 9.99 Å². The first kappa shape index (κ1) is 13.2. The van der Waals surface area contributed by atoms with Gasteiger partial charge in [0.05, 0.1) is 6.61 Å². The molecule has 0 aliphatic heterocycles. The van der Waals surface area contributed by atoms with Crippen molar-refractivity contribution in [1.82, 2.24) is 0 Å². The number of ether oxygens (including phenoxy) is 1. The van der Waals surface area contributed by atoms with Gasteiger partial charge >= 0.3 is 5.97 Å². The first-order chi connectivity index (χ1) is 8.20. The zero-order valence-electron chi connectivity index (χ0n) is 9.79. The molecule has 5 heteroatoms. The fourth-order valence-corrected chi connectivity index (χ4v) is 1.30. The number of aliphatic hydroxyl groups excluding tert-OH is 1. The summed E-state index contributed by atoms with van der Waals surface area (Å²) in [6.45, 7) is 1.89. The Hall–Kier alpha value is -1.88. The summed E-state index contributed by atoms with van der Waals surface area (Å²) in [5.41, 5.74) is 0.386. The maximum absolute atomic E-state index is 11.6. The lowest BCUT2D eigenvalue weighted by Gasteiger charge is -2.12. The van der Waals surface area contributed by atoms with E-state index in [1.807, 2.05) is 6.07 Å². The van der Waals surface area contributed by atoms with Gasteiger partial charge in [-0.2, -0.15) is 0 Å². The minimum atomic E-state index is -1.16. The maximum Gasteiger partial charge on any atom is 0.359 e. The van der Waals surface area contributed by atoms with E-state index in [4.69, 9.17) is 4.74 Å². The van der Waals surface area contributed by atoms with Crippen molar-refractivity contribution < 1.29 is 19.5 Å². The lowest BCUT2D eigenvalue weighted by molar-refractivity contribution is -0.135. The Bertz CT molecular complexity index is 389. The predicted molar refractivity (Wildman–Crippen MR) is 62.5 cm³/mol. The van der Waals surface area contributed by atoms with Gasteiger partial charge in [-0.05, 0) is 12.5 Å². The van der Waals surface area contributed by atoms with Crippen LogP contribution in [0.4, 0.5) is 0 Å². The highest BCUT2D eigenvalue weighted by molar-refractivity contribution is 6.38. The van der Waals surface area contributed by atoms with Crippen molar-refractivity contribution in [3.8, 4) is 0 Å². The normalized spacial score (nSPS) is 13.0. The number of hydrogen-bond donors (Lipinski definition) is 1. The fraction of sp³-hybridized carbons (Fsp3) is 0.333. The van der Waals surface area contributed by atoms with Crippen LogP contribution in [-0.4, -0.2) is 30.5 Å². The number of esters is 1. The lowest BCUT2D eigenvalue weighted by Crippen LogP contribution is -2.25. The van der Waals surface area contributed by atoms with Gasteiger partial charge in [-0.25, -0.2) is 4.79 Å². The molecule has 0 bridgehead atoms. The van der Waals surface area contributed by atoms with Gasteiger partial charge in [0.25, 0.3) is 0 Å². The molecule has 1 unspecified atom stereocenters. The molecule has 0 heterocycles. The molecular formula is C12H15NO4. The van der Waals surface area contributed by atoms with Crippen LogP contribution in [0.2, 0.25) is 0 Å². The van der Waals surface area contributed by atoms with Gasteiger partial charge in [0.1, 0.15) is 13.2 Å². The minimum absolute atomic E-state index is 0.166. The molecule has 0 aliphatic rings. The summed E-state index contributed by atoms with van der Waals surface area (Å²) in [6, 6.07) is 8.71. The quantitative estimate of drug-likeness (QED) is 0.476. The van der Waals surface area contributed by atoms with Gasteiger partial charge in [0.2, 0.25) is 0 Å². The second kappa shape index (κ2) is 6.65. The molecule has 1 atom stereocenters. The van der Waals surface area contributed by atoms with Crippen LogP contribution in [0.15, 0.2) is 35.5 Å². The van der Waals surface area contributed by atoms with Crippen LogP contribution in [0.3, 0.4) is 0 Å². The molecule has 0 amide bonds. The van der Waals surface area contributed by atoms with Gasteiger partial charge in [0.15, 0.2) is 5.71 Å². The molecule has 0 saturated carbocycles. The van der Waals surface area contributed by atoms with Crippen LogP contribution in [0.1, 0.15) is 18.6 Å². The Morgan fingerprint density at radius 3 is 2.59 bits per heavy atom. The third-order valence-electron chi connectivity index (χ3n) is 2.05. The summed E-state index contributed by atoms with van der Waals surface area (Å²) in [4.78, 5) is 16.1. The summed E-state index contributed by atoms with van der Waals surface area (Å²) in [6.07, 6.45) is -1.16. The SMILES string of the molecule is CCOC(=O)/C(=N/OC)C(O)c1ccccc1. The van der Waals surface area contributed by atoms with Gasteiger partial charge in [-0.1, -0.05) is 35.5 Å². The Balaban J connectivity index is 2.92. The Morgan fingerprint density at radius 2 is 2.06 bits per heavy atom. The molecule has 92 valence electrons. The lowest BCUT2D eigenvalue weighted by atomic mass is 10.1. The van der Waals surface area contributed by atoms with Crippen LogP contribution < -0.4 is 0 Å². The highest BCUT2D eigenvalue weighted by atomic mass is 16.6. The van der Waals surface area contributed by atoms with Crippen molar-refractivity contribution in [1.29, 1.82) is 0 Å². The Labute approximate surface area is 99.7 Å². The second-order valence-corrected chi connectivity index (χ2v) is 3.19. The van der Waals surface area contributed by atoms with Crippen LogP contribution in [0, 0.1) is 0 Å². The molecule has 0 aromatic heterocycles. The third-order valence-corrected chi connectivity index (χ3v) is 2.05. The number of hydrogen-bond acceptors (Lipinski definition) is 5. The number of rotatable bonds is 5. The highest BCUT2D eigenvalue weighted by Gasteiger charge is 2.24. The summed E-state index contributed by atoms with van der Waals surface area (Å²) in [5.74, 6) is -0.689. The van der Waals surface area contributed by atoms with E-state index < -0.39 is 12.1 Å². The fourth-order valence-electron chi connectivity index (χ4n) is 1.30. The average Bonchev–Trinajstić information content (AvgIpc) is 2.36. The smallest absolute Gasteiger partial charge is 0.359 e. The largest absolute Gasteiger partial charge is 0.461 e. The van der Waals surface area contributed by atoms with Crippen molar-refractivity contribution in [3.05, 3.63) is 35.9 Å². The number of carbonyl (C=O) groups excluding carboxylic acids is 1. The summed E-state index contributed by atoms with van der Waals surface area (Å²) in [5, 5.41) is 13.5. The molecular weight excluding hydrogens is 222 g/mol. The van der Waals surface area contributed by atoms with Gasteiger partial charge < -0.3 is 14.7 Å². The maximum atomic E-state index is 11.6. The van der Waals surface area contributed by atoms with E-state index in [1.165, 1.54) is 7.11 Å². The third kappa shape index (κ3) is 3.57. The minimum Gasteiger partial charge on any atom is -0.461 e. The van der Waals surface area contributed by atoms with E-state index in [1.54, 1.807) is 31.2 Å². The first-order valence-corrected chi connectivity index (χ1v) is 5.21. The van der Waals surface area contributed by atoms with Gasteiger partial charge in [-0.15, -0.1) is 0 Å². The average molecular weight is 237 g/mol. The summed E-state index contributed by atoms with van der Waals surface area (Å²) < 4.78 is 4.79. The number of aliphatic hydroxyl groups is 1. The van der Waals surface area contributed by atoms with Crippen LogP contribution >= 0.6 is 0 Å². The van der Waals surface area contributed by atoms with E-state index >= 15 is 0 Å². The Kier molecular flexibility index (Phi) is 5.16. The summed E-state index contributed by atoms with van der Waals surface area (Å²) >= 11 is 0. The highest BCUT2D eigenvalue weighted by Crippen LogP contribution is 2.15. The topological polar surface area (TPSA) is 68.1 Å². The molecule has 1 aromatic carbocycles. The zero-order valence-corrected chi connectivity index (χ0v) is 9.79. The van der Waals surface area contributed by atoms with Crippen molar-refractivity contribution in [2.75, 3.05) is 13.7 Å². The molecule has 1 N–H and O–H groups in total. The molecule has 17 heavy (non-hydrogen) atoms. The van der Waals surface area contributed by atoms with E-state index in [0.29, 0.717) is 5.56 Å². The van der Waals surface area contributed by atoms with E-state index in [0.717, 1.165) is 0 Å². The van der Waals surface area contributed by atoms with Crippen LogP contribution in [-0.2, 0) is 14.4 Å². The molecule has 0 spiro atoms. The van der Waals surface area contributed by atoms with E-state index in [-0.39, 0.29) is 12.3 Å². The number of oxime groups is 1. The molecule has 5 nitrogen and oxygen atoms in total. The summed E-state index contributed by atoms with van der Waals surface area (Å²) in [7, 11) is 1.30. The van der Waals surface area contributed by atoms with Crippen LogP contribution in [0.5, 0.6) is 0 Å². The molecule has 1 aromatic rings. The number of carbonyl (C=O) groups is 1. The Morgan fingerprint density at radius 1 is 1.41 bits per heavy atom. The molecule has 0 saturated heterocycles. The van der Waals surface area contributed by atoms with Crippen molar-refractivity contribution in [3.63, 3.8) is 0 Å². The second-order valence-electron chi connectivity index (χ2n) is 3.19. The molecule has 0 aliphatic carbocycles. The monoisotopic (exact) mass is 237 g/mol. The standard InChI is InChI=1S/C12H15NO4/c1-3-17-12(15)10(13-16-2)11(14)9-7-5-4-6-8-9/h4-8,11,14H,3H2,1-2H3/b13-10+. The molecule has 0 radical (unpaired) electrons. The van der Waals surface area contributed by atoms with Crippen molar-refractivity contribution >= 4 is 11.7 Å². The zero-order chi connectivity index (χ0) is 12.7. The molecule has 0 fully saturated rings. The van der Waals surface area contributed by atoms with Gasteiger partial charge in [0, 0.05) is 0 Å². The van der Waals surface area contributed by atoms with E-state index in [9.17, 15) is 9.90 Å².